The van der Waals surface area contributed by atoms with Crippen LogP contribution in [-0.4, -0.2) is 43.1 Å². The van der Waals surface area contributed by atoms with Gasteiger partial charge < -0.3 is 5.32 Å². The third-order valence-electron chi connectivity index (χ3n) is 5.42. The molecule has 0 spiro atoms. The van der Waals surface area contributed by atoms with E-state index < -0.39 is 10.0 Å². The highest BCUT2D eigenvalue weighted by molar-refractivity contribution is 7.99. The molecule has 2 aromatic rings. The van der Waals surface area contributed by atoms with E-state index in [1.807, 2.05) is 19.1 Å². The highest BCUT2D eigenvalue weighted by Gasteiger charge is 2.34. The molecule has 29 heavy (non-hydrogen) atoms. The van der Waals surface area contributed by atoms with Gasteiger partial charge in [0, 0.05) is 18.7 Å². The Hall–Kier alpha value is -2.13. The van der Waals surface area contributed by atoms with Crippen LogP contribution in [0.3, 0.4) is 0 Å². The van der Waals surface area contributed by atoms with Crippen LogP contribution in [0.15, 0.2) is 34.4 Å². The van der Waals surface area contributed by atoms with Crippen molar-refractivity contribution in [2.45, 2.75) is 55.1 Å². The summed E-state index contributed by atoms with van der Waals surface area (Å²) in [4.78, 5) is 21.1. The number of aromatic nitrogens is 2. The lowest BCUT2D eigenvalue weighted by molar-refractivity contribution is -0.119. The number of thioether (sulfide) groups is 1. The van der Waals surface area contributed by atoms with Crippen LogP contribution in [0.2, 0.25) is 0 Å². The van der Waals surface area contributed by atoms with Gasteiger partial charge >= 0.3 is 0 Å². The molecule has 1 amide bonds. The summed E-state index contributed by atoms with van der Waals surface area (Å²) >= 11 is 1.23. The first kappa shape index (κ1) is 20.2. The van der Waals surface area contributed by atoms with E-state index >= 15 is 0 Å². The molecule has 2 heterocycles. The van der Waals surface area contributed by atoms with Gasteiger partial charge in [0.05, 0.1) is 23.3 Å². The molecule has 0 atom stereocenters. The molecular formula is C20H24N4O3S2. The van der Waals surface area contributed by atoms with E-state index in [9.17, 15) is 13.2 Å². The van der Waals surface area contributed by atoms with Crippen molar-refractivity contribution in [3.63, 3.8) is 0 Å². The van der Waals surface area contributed by atoms with Gasteiger partial charge in [-0.3, -0.25) is 9.10 Å². The molecule has 1 fully saturated rings. The molecule has 1 aliphatic carbocycles. The Morgan fingerprint density at radius 1 is 1.28 bits per heavy atom. The van der Waals surface area contributed by atoms with Crippen molar-refractivity contribution in [1.29, 1.82) is 0 Å². The molecule has 1 aliphatic heterocycles. The Kier molecular flexibility index (Phi) is 5.52. The summed E-state index contributed by atoms with van der Waals surface area (Å²) in [5.41, 5.74) is 2.76. The number of hydrogen-bond donors (Lipinski definition) is 1. The maximum absolute atomic E-state index is 12.8. The molecule has 4 rings (SSSR count). The van der Waals surface area contributed by atoms with Gasteiger partial charge in [-0.1, -0.05) is 42.7 Å². The number of benzene rings is 1. The highest BCUT2D eigenvalue weighted by atomic mass is 32.2. The SMILES string of the molecule is Cc1ccc2c(c1)-c1nc(SCC(=O)NC3CCCCC3)ncc1S(=O)(=O)N2C. The first-order chi connectivity index (χ1) is 13.9. The Labute approximate surface area is 175 Å². The van der Waals surface area contributed by atoms with Gasteiger partial charge in [-0.2, -0.15) is 0 Å². The fourth-order valence-corrected chi connectivity index (χ4v) is 5.77. The van der Waals surface area contributed by atoms with E-state index in [1.54, 1.807) is 6.07 Å². The number of anilines is 1. The second kappa shape index (κ2) is 7.95. The van der Waals surface area contributed by atoms with E-state index in [4.69, 9.17) is 0 Å². The van der Waals surface area contributed by atoms with Gasteiger partial charge in [-0.15, -0.1) is 0 Å². The zero-order valence-corrected chi connectivity index (χ0v) is 18.1. The van der Waals surface area contributed by atoms with Gasteiger partial charge in [-0.05, 0) is 31.9 Å². The van der Waals surface area contributed by atoms with Crippen molar-refractivity contribution < 1.29 is 13.2 Å². The molecule has 7 nitrogen and oxygen atoms in total. The monoisotopic (exact) mass is 432 g/mol. The van der Waals surface area contributed by atoms with Crippen LogP contribution in [0.25, 0.3) is 11.3 Å². The molecule has 1 aromatic heterocycles. The molecule has 154 valence electrons. The fraction of sp³-hybridized carbons (Fsp3) is 0.450. The molecule has 2 aliphatic rings. The van der Waals surface area contributed by atoms with E-state index in [0.717, 1.165) is 36.8 Å². The zero-order valence-electron chi connectivity index (χ0n) is 16.5. The van der Waals surface area contributed by atoms with Crippen molar-refractivity contribution in [1.82, 2.24) is 15.3 Å². The number of hydrogen-bond acceptors (Lipinski definition) is 6. The predicted molar refractivity (Wildman–Crippen MR) is 114 cm³/mol. The Bertz CT molecular complexity index is 1050. The number of sulfonamides is 1. The molecule has 0 radical (unpaired) electrons. The average Bonchev–Trinajstić information content (AvgIpc) is 2.71. The Morgan fingerprint density at radius 2 is 2.03 bits per heavy atom. The van der Waals surface area contributed by atoms with Crippen LogP contribution in [-0.2, 0) is 14.8 Å². The number of carbonyl (C=O) groups is 1. The maximum atomic E-state index is 12.8. The summed E-state index contributed by atoms with van der Waals surface area (Å²) in [5.74, 6) is 0.176. The van der Waals surface area contributed by atoms with Crippen LogP contribution in [0.4, 0.5) is 5.69 Å². The second-order valence-corrected chi connectivity index (χ2v) is 10.4. The van der Waals surface area contributed by atoms with Crippen molar-refractivity contribution in [2.24, 2.45) is 0 Å². The fourth-order valence-electron chi connectivity index (χ4n) is 3.84. The normalized spacial score (nSPS) is 18.1. The smallest absolute Gasteiger partial charge is 0.267 e. The minimum absolute atomic E-state index is 0.0354. The van der Waals surface area contributed by atoms with Crippen LogP contribution in [0, 0.1) is 6.92 Å². The van der Waals surface area contributed by atoms with E-state index in [0.29, 0.717) is 16.5 Å². The Morgan fingerprint density at radius 3 is 2.79 bits per heavy atom. The van der Waals surface area contributed by atoms with Gasteiger partial charge in [-0.25, -0.2) is 18.4 Å². The lowest BCUT2D eigenvalue weighted by Gasteiger charge is -2.28. The summed E-state index contributed by atoms with van der Waals surface area (Å²) in [6.07, 6.45) is 6.98. The minimum Gasteiger partial charge on any atom is -0.353 e. The lowest BCUT2D eigenvalue weighted by atomic mass is 9.95. The number of rotatable bonds is 4. The second-order valence-electron chi connectivity index (χ2n) is 7.55. The molecule has 1 saturated carbocycles. The summed E-state index contributed by atoms with van der Waals surface area (Å²) < 4.78 is 26.9. The van der Waals surface area contributed by atoms with Gasteiger partial charge in [0.25, 0.3) is 10.0 Å². The van der Waals surface area contributed by atoms with Crippen molar-refractivity contribution >= 4 is 33.4 Å². The van der Waals surface area contributed by atoms with Crippen LogP contribution in [0.5, 0.6) is 0 Å². The highest BCUT2D eigenvalue weighted by Crippen LogP contribution is 2.41. The Balaban J connectivity index is 1.56. The topological polar surface area (TPSA) is 92.3 Å². The summed E-state index contributed by atoms with van der Waals surface area (Å²) in [7, 11) is -2.16. The largest absolute Gasteiger partial charge is 0.353 e. The molecule has 1 aromatic carbocycles. The van der Waals surface area contributed by atoms with E-state index in [2.05, 4.69) is 15.3 Å². The predicted octanol–water partition coefficient (Wildman–Crippen LogP) is 3.13. The molecule has 1 N–H and O–H groups in total. The molecule has 0 bridgehead atoms. The van der Waals surface area contributed by atoms with Crippen LogP contribution < -0.4 is 9.62 Å². The lowest BCUT2D eigenvalue weighted by Crippen LogP contribution is -2.37. The first-order valence-corrected chi connectivity index (χ1v) is 12.2. The number of aryl methyl sites for hydroxylation is 1. The van der Waals surface area contributed by atoms with Crippen molar-refractivity contribution in [2.75, 3.05) is 17.1 Å². The van der Waals surface area contributed by atoms with Gasteiger partial charge in [0.1, 0.15) is 4.90 Å². The van der Waals surface area contributed by atoms with Crippen LogP contribution >= 0.6 is 11.8 Å². The maximum Gasteiger partial charge on any atom is 0.267 e. The quantitative estimate of drug-likeness (QED) is 0.589. The third-order valence-corrected chi connectivity index (χ3v) is 8.05. The van der Waals surface area contributed by atoms with Crippen LogP contribution in [0.1, 0.15) is 37.7 Å². The van der Waals surface area contributed by atoms with E-state index in [1.165, 1.54) is 35.7 Å². The van der Waals surface area contributed by atoms with Gasteiger partial charge in [0.15, 0.2) is 5.16 Å². The number of nitrogens with one attached hydrogen (secondary N) is 1. The molecule has 9 heteroatoms. The number of carbonyl (C=O) groups excluding carboxylic acids is 1. The summed E-state index contributed by atoms with van der Waals surface area (Å²) in [6, 6.07) is 5.85. The zero-order chi connectivity index (χ0) is 20.6. The van der Waals surface area contributed by atoms with Gasteiger partial charge in [0.2, 0.25) is 5.91 Å². The molecule has 0 saturated heterocycles. The molecular weight excluding hydrogens is 408 g/mol. The first-order valence-electron chi connectivity index (χ1n) is 9.75. The third kappa shape index (κ3) is 3.98. The summed E-state index contributed by atoms with van der Waals surface area (Å²) in [6.45, 7) is 1.95. The number of nitrogens with zero attached hydrogens (tertiary/aromatic N) is 3. The van der Waals surface area contributed by atoms with E-state index in [-0.39, 0.29) is 22.6 Å². The standard InChI is InChI=1S/C20H24N4O3S2/c1-13-8-9-16-15(10-13)19-17(29(26,27)24(16)2)11-21-20(23-19)28-12-18(25)22-14-6-4-3-5-7-14/h8-11,14H,3-7,12H2,1-2H3,(H,22,25). The van der Waals surface area contributed by atoms with Crippen molar-refractivity contribution in [3.05, 3.63) is 30.0 Å². The minimum atomic E-state index is -3.69. The van der Waals surface area contributed by atoms with Crippen molar-refractivity contribution in [3.8, 4) is 11.3 Å². The number of fused-ring (bicyclic) bond motifs is 3. The molecule has 0 unspecified atom stereocenters. The number of amides is 1. The average molecular weight is 433 g/mol. The summed E-state index contributed by atoms with van der Waals surface area (Å²) in [5, 5.41) is 3.47.